The van der Waals surface area contributed by atoms with Crippen molar-refractivity contribution in [3.63, 3.8) is 0 Å². The van der Waals surface area contributed by atoms with Gasteiger partial charge in [0.2, 0.25) is 0 Å². The van der Waals surface area contributed by atoms with Crippen LogP contribution in [0.3, 0.4) is 0 Å². The lowest BCUT2D eigenvalue weighted by Crippen LogP contribution is -2.38. The van der Waals surface area contributed by atoms with Crippen LogP contribution in [0, 0.1) is 0 Å². The van der Waals surface area contributed by atoms with Gasteiger partial charge in [-0.15, -0.1) is 0 Å². The number of hydrogen-bond acceptors (Lipinski definition) is 7. The second-order valence-corrected chi connectivity index (χ2v) is 6.71. The zero-order chi connectivity index (χ0) is 19.7. The van der Waals surface area contributed by atoms with Crippen molar-refractivity contribution in [1.29, 1.82) is 0 Å². The van der Waals surface area contributed by atoms with Gasteiger partial charge in [0.05, 0.1) is 11.9 Å². The van der Waals surface area contributed by atoms with E-state index in [0.717, 1.165) is 25.9 Å². The molecule has 4 heterocycles. The lowest BCUT2D eigenvalue weighted by Gasteiger charge is -2.24. The van der Waals surface area contributed by atoms with Gasteiger partial charge < -0.3 is 21.7 Å². The molecule has 1 atom stereocenters. The Hall–Kier alpha value is -3.47. The SMILES string of the molecule is Cn1cc(NC(=O)c2cnn3ccc(NC4CCCNC4)nc23)c(C(N)=O)n1. The van der Waals surface area contributed by atoms with Crippen molar-refractivity contribution in [2.75, 3.05) is 23.7 Å². The quantitative estimate of drug-likeness (QED) is 0.484. The zero-order valence-electron chi connectivity index (χ0n) is 15.3. The molecule has 28 heavy (non-hydrogen) atoms. The second-order valence-electron chi connectivity index (χ2n) is 6.71. The Kier molecular flexibility index (Phi) is 4.65. The Bertz CT molecular complexity index is 1030. The van der Waals surface area contributed by atoms with Gasteiger partial charge in [-0.3, -0.25) is 14.3 Å². The molecule has 0 radical (unpaired) electrons. The lowest BCUT2D eigenvalue weighted by atomic mass is 10.1. The Balaban J connectivity index is 1.58. The maximum atomic E-state index is 12.8. The van der Waals surface area contributed by atoms with Crippen molar-refractivity contribution >= 4 is 29.0 Å². The van der Waals surface area contributed by atoms with Crippen LogP contribution in [0.25, 0.3) is 5.65 Å². The van der Waals surface area contributed by atoms with Gasteiger partial charge in [-0.2, -0.15) is 10.2 Å². The minimum atomic E-state index is -0.721. The Morgan fingerprint density at radius 2 is 2.25 bits per heavy atom. The number of aromatic nitrogens is 5. The Labute approximate surface area is 160 Å². The molecule has 1 aliphatic rings. The summed E-state index contributed by atoms with van der Waals surface area (Å²) in [6.07, 6.45) is 6.86. The highest BCUT2D eigenvalue weighted by molar-refractivity contribution is 6.10. The average molecular weight is 383 g/mol. The molecule has 5 N–H and O–H groups in total. The van der Waals surface area contributed by atoms with E-state index in [2.05, 4.69) is 31.1 Å². The van der Waals surface area contributed by atoms with Gasteiger partial charge in [0, 0.05) is 32.0 Å². The van der Waals surface area contributed by atoms with Crippen molar-refractivity contribution < 1.29 is 9.59 Å². The average Bonchev–Trinajstić information content (AvgIpc) is 3.25. The number of aryl methyl sites for hydroxylation is 1. The number of amides is 2. The highest BCUT2D eigenvalue weighted by atomic mass is 16.2. The van der Waals surface area contributed by atoms with Gasteiger partial charge in [-0.05, 0) is 25.5 Å². The third-order valence-corrected chi connectivity index (χ3v) is 4.57. The van der Waals surface area contributed by atoms with Gasteiger partial charge in [0.1, 0.15) is 11.4 Å². The predicted octanol–water partition coefficient (Wildman–Crippen LogP) is -0.0221. The van der Waals surface area contributed by atoms with Crippen molar-refractivity contribution in [1.82, 2.24) is 29.7 Å². The molecular weight excluding hydrogens is 362 g/mol. The van der Waals surface area contributed by atoms with Crippen LogP contribution >= 0.6 is 0 Å². The molecule has 3 aromatic heterocycles. The molecule has 1 fully saturated rings. The number of carbonyl (C=O) groups excluding carboxylic acids is 2. The number of rotatable bonds is 5. The fourth-order valence-electron chi connectivity index (χ4n) is 3.25. The van der Waals surface area contributed by atoms with E-state index in [9.17, 15) is 9.59 Å². The van der Waals surface area contributed by atoms with Crippen LogP contribution in [0.5, 0.6) is 0 Å². The predicted molar refractivity (Wildman–Crippen MR) is 102 cm³/mol. The molecular formula is C17H21N9O2. The number of carbonyl (C=O) groups is 2. The van der Waals surface area contributed by atoms with E-state index in [0.29, 0.717) is 11.5 Å². The molecule has 4 rings (SSSR count). The molecule has 0 bridgehead atoms. The van der Waals surface area contributed by atoms with Crippen LogP contribution in [-0.4, -0.2) is 55.3 Å². The normalized spacial score (nSPS) is 16.8. The number of hydrogen-bond donors (Lipinski definition) is 4. The van der Waals surface area contributed by atoms with E-state index in [-0.39, 0.29) is 23.0 Å². The summed E-state index contributed by atoms with van der Waals surface area (Å²) in [4.78, 5) is 28.8. The molecule has 1 saturated heterocycles. The number of fused-ring (bicyclic) bond motifs is 1. The Morgan fingerprint density at radius 1 is 1.39 bits per heavy atom. The molecule has 0 aliphatic carbocycles. The van der Waals surface area contributed by atoms with Crippen LogP contribution < -0.4 is 21.7 Å². The van der Waals surface area contributed by atoms with Crippen LogP contribution in [0.15, 0.2) is 24.7 Å². The topological polar surface area (TPSA) is 144 Å². The largest absolute Gasteiger partial charge is 0.366 e. The summed E-state index contributed by atoms with van der Waals surface area (Å²) < 4.78 is 2.93. The van der Waals surface area contributed by atoms with Gasteiger partial charge >= 0.3 is 0 Å². The minimum absolute atomic E-state index is 0.00700. The summed E-state index contributed by atoms with van der Waals surface area (Å²) in [7, 11) is 1.64. The molecule has 1 aliphatic heterocycles. The third-order valence-electron chi connectivity index (χ3n) is 4.57. The van der Waals surface area contributed by atoms with Crippen molar-refractivity contribution in [3.8, 4) is 0 Å². The molecule has 0 aromatic carbocycles. The summed E-state index contributed by atoms with van der Waals surface area (Å²) in [5.74, 6) is -0.495. The highest BCUT2D eigenvalue weighted by Crippen LogP contribution is 2.18. The third kappa shape index (κ3) is 3.51. The molecule has 3 aromatic rings. The van der Waals surface area contributed by atoms with Gasteiger partial charge in [0.15, 0.2) is 11.3 Å². The summed E-state index contributed by atoms with van der Waals surface area (Å²) >= 11 is 0. The van der Waals surface area contributed by atoms with E-state index >= 15 is 0 Å². The monoisotopic (exact) mass is 383 g/mol. The smallest absolute Gasteiger partial charge is 0.271 e. The van der Waals surface area contributed by atoms with Gasteiger partial charge in [0.25, 0.3) is 11.8 Å². The summed E-state index contributed by atoms with van der Waals surface area (Å²) in [6, 6.07) is 2.11. The summed E-state index contributed by atoms with van der Waals surface area (Å²) in [6.45, 7) is 1.90. The summed E-state index contributed by atoms with van der Waals surface area (Å²) in [5, 5.41) is 17.5. The maximum absolute atomic E-state index is 12.8. The maximum Gasteiger partial charge on any atom is 0.271 e. The van der Waals surface area contributed by atoms with Gasteiger partial charge in [-0.1, -0.05) is 0 Å². The van der Waals surface area contributed by atoms with Crippen molar-refractivity contribution in [2.45, 2.75) is 18.9 Å². The first-order valence-electron chi connectivity index (χ1n) is 8.97. The molecule has 0 saturated carbocycles. The van der Waals surface area contributed by atoms with Crippen LogP contribution in [-0.2, 0) is 7.05 Å². The fraction of sp³-hybridized carbons (Fsp3) is 0.353. The van der Waals surface area contributed by atoms with Crippen LogP contribution in [0.2, 0.25) is 0 Å². The first-order valence-corrected chi connectivity index (χ1v) is 8.97. The van der Waals surface area contributed by atoms with Crippen molar-refractivity contribution in [3.05, 3.63) is 35.9 Å². The summed E-state index contributed by atoms with van der Waals surface area (Å²) in [5.41, 5.74) is 6.24. The van der Waals surface area contributed by atoms with Gasteiger partial charge in [-0.25, -0.2) is 9.50 Å². The number of primary amides is 1. The zero-order valence-corrected chi connectivity index (χ0v) is 15.3. The Morgan fingerprint density at radius 3 is 3.00 bits per heavy atom. The van der Waals surface area contributed by atoms with Crippen molar-refractivity contribution in [2.24, 2.45) is 12.8 Å². The second kappa shape index (κ2) is 7.27. The van der Waals surface area contributed by atoms with E-state index in [4.69, 9.17) is 5.73 Å². The van der Waals surface area contributed by atoms with E-state index < -0.39 is 11.8 Å². The molecule has 0 spiro atoms. The molecule has 1 unspecified atom stereocenters. The number of nitrogens with one attached hydrogen (secondary N) is 3. The first kappa shape index (κ1) is 17.9. The fourth-order valence-corrected chi connectivity index (χ4v) is 3.25. The first-order chi connectivity index (χ1) is 13.5. The van der Waals surface area contributed by atoms with E-state index in [1.807, 2.05) is 6.07 Å². The molecule has 146 valence electrons. The molecule has 11 heteroatoms. The number of piperidine rings is 1. The highest BCUT2D eigenvalue weighted by Gasteiger charge is 2.20. The van der Waals surface area contributed by atoms with Crippen LogP contribution in [0.1, 0.15) is 33.7 Å². The lowest BCUT2D eigenvalue weighted by molar-refractivity contribution is 0.0995. The van der Waals surface area contributed by atoms with E-state index in [1.54, 1.807) is 13.2 Å². The molecule has 11 nitrogen and oxygen atoms in total. The number of anilines is 2. The van der Waals surface area contributed by atoms with Crippen LogP contribution in [0.4, 0.5) is 11.5 Å². The number of nitrogens with zero attached hydrogens (tertiary/aromatic N) is 5. The van der Waals surface area contributed by atoms with E-state index in [1.165, 1.54) is 21.6 Å². The standard InChI is InChI=1S/C17H21N9O2/c1-25-9-12(14(24-25)15(18)27)22-17(28)11-8-20-26-6-4-13(23-16(11)26)21-10-3-2-5-19-7-10/h4,6,8-10,19H,2-3,5,7H2,1H3,(H2,18,27)(H,21,23)(H,22,28). The minimum Gasteiger partial charge on any atom is -0.366 e. The molecule has 2 amide bonds. The number of nitrogens with two attached hydrogens (primary N) is 1.